The van der Waals surface area contributed by atoms with Gasteiger partial charge < -0.3 is 9.64 Å². The van der Waals surface area contributed by atoms with Gasteiger partial charge in [-0.05, 0) is 57.9 Å². The van der Waals surface area contributed by atoms with E-state index in [9.17, 15) is 0 Å². The molecule has 0 radical (unpaired) electrons. The van der Waals surface area contributed by atoms with Crippen molar-refractivity contribution >= 4 is 0 Å². The van der Waals surface area contributed by atoms with Crippen LogP contribution in [0.1, 0.15) is 58.8 Å². The highest BCUT2D eigenvalue weighted by Crippen LogP contribution is 2.31. The van der Waals surface area contributed by atoms with Crippen molar-refractivity contribution in [2.75, 3.05) is 26.3 Å². The fourth-order valence-corrected chi connectivity index (χ4v) is 3.80. The zero-order chi connectivity index (χ0) is 12.8. The maximum absolute atomic E-state index is 5.62. The lowest BCUT2D eigenvalue weighted by atomic mass is 9.83. The molecule has 18 heavy (non-hydrogen) atoms. The Morgan fingerprint density at radius 1 is 1.11 bits per heavy atom. The summed E-state index contributed by atoms with van der Waals surface area (Å²) in [5.41, 5.74) is 0. The third kappa shape index (κ3) is 3.96. The first-order chi connectivity index (χ1) is 8.81. The van der Waals surface area contributed by atoms with Crippen LogP contribution in [0.2, 0.25) is 0 Å². The Labute approximate surface area is 113 Å². The van der Waals surface area contributed by atoms with Gasteiger partial charge in [-0.3, -0.25) is 0 Å². The van der Waals surface area contributed by atoms with E-state index in [1.54, 1.807) is 0 Å². The van der Waals surface area contributed by atoms with Crippen molar-refractivity contribution in [3.63, 3.8) is 0 Å². The Morgan fingerprint density at radius 3 is 2.61 bits per heavy atom. The molecular formula is C16H31NO. The second-order valence-electron chi connectivity index (χ2n) is 6.30. The number of likely N-dealkylation sites (tertiary alicyclic amines) is 1. The number of rotatable bonds is 5. The Balaban J connectivity index is 1.79. The third-order valence-corrected chi connectivity index (χ3v) is 5.02. The van der Waals surface area contributed by atoms with E-state index in [0.29, 0.717) is 0 Å². The van der Waals surface area contributed by atoms with Gasteiger partial charge in [-0.1, -0.05) is 19.3 Å². The first kappa shape index (κ1) is 14.3. The summed E-state index contributed by atoms with van der Waals surface area (Å²) in [5.74, 6) is 1.74. The van der Waals surface area contributed by atoms with Crippen LogP contribution in [0, 0.1) is 11.8 Å². The monoisotopic (exact) mass is 253 g/mol. The highest BCUT2D eigenvalue weighted by molar-refractivity contribution is 4.82. The van der Waals surface area contributed by atoms with E-state index >= 15 is 0 Å². The first-order valence-corrected chi connectivity index (χ1v) is 8.13. The molecule has 0 amide bonds. The van der Waals surface area contributed by atoms with Crippen LogP contribution in [0.25, 0.3) is 0 Å². The number of hydrogen-bond acceptors (Lipinski definition) is 2. The Hall–Kier alpha value is -0.0800. The third-order valence-electron chi connectivity index (χ3n) is 5.02. The summed E-state index contributed by atoms with van der Waals surface area (Å²) < 4.78 is 5.62. The number of piperidine rings is 1. The van der Waals surface area contributed by atoms with Gasteiger partial charge in [-0.25, -0.2) is 0 Å². The molecule has 0 bridgehead atoms. The molecule has 2 fully saturated rings. The summed E-state index contributed by atoms with van der Waals surface area (Å²) in [5, 5.41) is 0. The first-order valence-electron chi connectivity index (χ1n) is 8.13. The van der Waals surface area contributed by atoms with Gasteiger partial charge in [0, 0.05) is 19.2 Å². The van der Waals surface area contributed by atoms with Crippen molar-refractivity contribution in [2.45, 2.75) is 64.8 Å². The van der Waals surface area contributed by atoms with E-state index in [4.69, 9.17) is 4.74 Å². The van der Waals surface area contributed by atoms with Crippen molar-refractivity contribution < 1.29 is 4.74 Å². The van der Waals surface area contributed by atoms with Crippen LogP contribution in [0.15, 0.2) is 0 Å². The molecule has 0 aromatic rings. The minimum Gasteiger partial charge on any atom is -0.381 e. The van der Waals surface area contributed by atoms with Crippen molar-refractivity contribution in [2.24, 2.45) is 11.8 Å². The van der Waals surface area contributed by atoms with Crippen LogP contribution in [-0.2, 0) is 4.74 Å². The van der Waals surface area contributed by atoms with E-state index in [-0.39, 0.29) is 0 Å². The fourth-order valence-electron chi connectivity index (χ4n) is 3.80. The Kier molecular flexibility index (Phi) is 5.97. The largest absolute Gasteiger partial charge is 0.381 e. The molecule has 2 heteroatoms. The predicted octanol–water partition coefficient (Wildman–Crippen LogP) is 3.70. The molecule has 2 rings (SSSR count). The molecule has 0 aromatic carbocycles. The molecular weight excluding hydrogens is 222 g/mol. The molecule has 1 heterocycles. The summed E-state index contributed by atoms with van der Waals surface area (Å²) in [6.07, 6.45) is 10.1. The quantitative estimate of drug-likeness (QED) is 0.740. The average molecular weight is 253 g/mol. The SMILES string of the molecule is CCOCC1CCCN(C(C)C2CCCCC2)C1. The van der Waals surface area contributed by atoms with Gasteiger partial charge in [0.2, 0.25) is 0 Å². The predicted molar refractivity (Wildman–Crippen MR) is 76.8 cm³/mol. The van der Waals surface area contributed by atoms with Gasteiger partial charge in [0.05, 0.1) is 6.61 Å². The van der Waals surface area contributed by atoms with E-state index < -0.39 is 0 Å². The molecule has 1 aliphatic heterocycles. The maximum atomic E-state index is 5.62. The summed E-state index contributed by atoms with van der Waals surface area (Å²) in [7, 11) is 0. The van der Waals surface area contributed by atoms with Crippen LogP contribution in [0.4, 0.5) is 0 Å². The molecule has 0 N–H and O–H groups in total. The highest BCUT2D eigenvalue weighted by atomic mass is 16.5. The maximum Gasteiger partial charge on any atom is 0.0506 e. The molecule has 1 saturated heterocycles. The second kappa shape index (κ2) is 7.49. The van der Waals surface area contributed by atoms with Crippen molar-refractivity contribution in [1.82, 2.24) is 4.90 Å². The minimum absolute atomic E-state index is 0.782. The smallest absolute Gasteiger partial charge is 0.0506 e. The van der Waals surface area contributed by atoms with Gasteiger partial charge >= 0.3 is 0 Å². The van der Waals surface area contributed by atoms with Gasteiger partial charge in [0.15, 0.2) is 0 Å². The second-order valence-corrected chi connectivity index (χ2v) is 6.30. The van der Waals surface area contributed by atoms with Crippen LogP contribution >= 0.6 is 0 Å². The van der Waals surface area contributed by atoms with Crippen molar-refractivity contribution in [3.8, 4) is 0 Å². The summed E-state index contributed by atoms with van der Waals surface area (Å²) in [6.45, 7) is 9.02. The van der Waals surface area contributed by atoms with E-state index in [1.165, 1.54) is 58.0 Å². The highest BCUT2D eigenvalue weighted by Gasteiger charge is 2.29. The summed E-state index contributed by atoms with van der Waals surface area (Å²) in [4.78, 5) is 2.75. The summed E-state index contributed by atoms with van der Waals surface area (Å²) >= 11 is 0. The Morgan fingerprint density at radius 2 is 1.89 bits per heavy atom. The van der Waals surface area contributed by atoms with Crippen LogP contribution in [-0.4, -0.2) is 37.2 Å². The van der Waals surface area contributed by atoms with Gasteiger partial charge in [-0.2, -0.15) is 0 Å². The topological polar surface area (TPSA) is 12.5 Å². The van der Waals surface area contributed by atoms with Crippen molar-refractivity contribution in [1.29, 1.82) is 0 Å². The normalized spacial score (nSPS) is 29.3. The lowest BCUT2D eigenvalue weighted by Gasteiger charge is -2.41. The summed E-state index contributed by atoms with van der Waals surface area (Å²) in [6, 6.07) is 0.801. The van der Waals surface area contributed by atoms with Gasteiger partial charge in [0.1, 0.15) is 0 Å². The number of nitrogens with zero attached hydrogens (tertiary/aromatic N) is 1. The van der Waals surface area contributed by atoms with Gasteiger partial charge in [-0.15, -0.1) is 0 Å². The zero-order valence-electron chi connectivity index (χ0n) is 12.4. The standard InChI is InChI=1S/C16H31NO/c1-3-18-13-15-8-7-11-17(12-15)14(2)16-9-5-4-6-10-16/h14-16H,3-13H2,1-2H3. The molecule has 0 aromatic heterocycles. The molecule has 0 spiro atoms. The molecule has 2 aliphatic rings. The molecule has 1 aliphatic carbocycles. The van der Waals surface area contributed by atoms with E-state index in [0.717, 1.165) is 31.1 Å². The molecule has 2 unspecified atom stereocenters. The van der Waals surface area contributed by atoms with Crippen LogP contribution in [0.5, 0.6) is 0 Å². The molecule has 106 valence electrons. The fraction of sp³-hybridized carbons (Fsp3) is 1.00. The van der Waals surface area contributed by atoms with E-state index in [2.05, 4.69) is 18.7 Å². The molecule has 2 nitrogen and oxygen atoms in total. The Bertz CT molecular complexity index is 225. The average Bonchev–Trinajstić information content (AvgIpc) is 2.45. The lowest BCUT2D eigenvalue weighted by molar-refractivity contribution is 0.0363. The van der Waals surface area contributed by atoms with Crippen LogP contribution < -0.4 is 0 Å². The zero-order valence-corrected chi connectivity index (χ0v) is 12.4. The van der Waals surface area contributed by atoms with E-state index in [1.807, 2.05) is 0 Å². The minimum atomic E-state index is 0.782. The van der Waals surface area contributed by atoms with Crippen molar-refractivity contribution in [3.05, 3.63) is 0 Å². The lowest BCUT2D eigenvalue weighted by Crippen LogP contribution is -2.46. The number of ether oxygens (including phenoxy) is 1. The van der Waals surface area contributed by atoms with Crippen LogP contribution in [0.3, 0.4) is 0 Å². The molecule has 1 saturated carbocycles. The molecule has 2 atom stereocenters. The number of hydrogen-bond donors (Lipinski definition) is 0. The van der Waals surface area contributed by atoms with Gasteiger partial charge in [0.25, 0.3) is 0 Å².